The van der Waals surface area contributed by atoms with Gasteiger partial charge in [-0.2, -0.15) is 0 Å². The molecule has 12 heavy (non-hydrogen) atoms. The second-order valence-electron chi connectivity index (χ2n) is 2.80. The van der Waals surface area contributed by atoms with Gasteiger partial charge in [-0.1, -0.05) is 17.7 Å². The van der Waals surface area contributed by atoms with E-state index in [1.165, 1.54) is 5.54 Å². The van der Waals surface area contributed by atoms with Crippen LogP contribution in [0.4, 0.5) is 0 Å². The Morgan fingerprint density at radius 2 is 2.50 bits per heavy atom. The van der Waals surface area contributed by atoms with Crippen molar-refractivity contribution in [3.63, 3.8) is 0 Å². The molecular weight excluding hydrogens is 176 g/mol. The zero-order valence-corrected chi connectivity index (χ0v) is 7.68. The molecule has 1 rings (SSSR count). The van der Waals surface area contributed by atoms with Crippen molar-refractivity contribution in [3.05, 3.63) is 11.6 Å². The van der Waals surface area contributed by atoms with E-state index in [1.54, 1.807) is 0 Å². The topological polar surface area (TPSA) is 32.3 Å². The third-order valence-electron chi connectivity index (χ3n) is 1.79. The summed E-state index contributed by atoms with van der Waals surface area (Å²) in [6.07, 6.45) is 2.86. The van der Waals surface area contributed by atoms with Gasteiger partial charge < -0.3 is 5.32 Å². The first-order valence-corrected chi connectivity index (χ1v) is 4.51. The van der Waals surface area contributed by atoms with Gasteiger partial charge in [-0.25, -0.2) is 0 Å². The Balaban J connectivity index is 2.35. The lowest BCUT2D eigenvalue weighted by molar-refractivity contribution is -0.121. The molecule has 0 unspecified atom stereocenters. The Kier molecular flexibility index (Phi) is 4.11. The minimum absolute atomic E-state index is 0.107. The number of amides is 1. The summed E-state index contributed by atoms with van der Waals surface area (Å²) in [5.41, 5.74) is 1.49. The van der Waals surface area contributed by atoms with E-state index in [1.807, 2.05) is 6.08 Å². The molecule has 68 valence electrons. The molecule has 1 saturated heterocycles. The normalized spacial score (nSPS) is 20.9. The molecule has 1 fully saturated rings. The fourth-order valence-corrected chi connectivity index (χ4v) is 1.29. The molecule has 0 aromatic heterocycles. The highest BCUT2D eigenvalue weighted by Gasteiger charge is 2.12. The molecule has 1 amide bonds. The van der Waals surface area contributed by atoms with E-state index in [0.29, 0.717) is 6.54 Å². The summed E-state index contributed by atoms with van der Waals surface area (Å²) < 4.78 is 0. The first kappa shape index (κ1) is 9.55. The van der Waals surface area contributed by atoms with Gasteiger partial charge in [0.25, 0.3) is 0 Å². The molecule has 1 N–H and O–H groups in total. The summed E-state index contributed by atoms with van der Waals surface area (Å²) in [6, 6.07) is 0. The lowest BCUT2D eigenvalue weighted by Crippen LogP contribution is -2.33. The smallest absolute Gasteiger partial charge is 0.234 e. The van der Waals surface area contributed by atoms with Gasteiger partial charge in [-0.05, 0) is 6.42 Å². The second kappa shape index (κ2) is 5.17. The van der Waals surface area contributed by atoms with Crippen molar-refractivity contribution in [2.24, 2.45) is 0 Å². The molecule has 0 bridgehead atoms. The summed E-state index contributed by atoms with van der Waals surface area (Å²) >= 11 is 5.39. The maximum Gasteiger partial charge on any atom is 0.234 e. The van der Waals surface area contributed by atoms with E-state index in [4.69, 9.17) is 11.6 Å². The van der Waals surface area contributed by atoms with Crippen LogP contribution in [0.1, 0.15) is 6.42 Å². The van der Waals surface area contributed by atoms with Gasteiger partial charge in [-0.3, -0.25) is 9.69 Å². The molecule has 3 nitrogen and oxygen atoms in total. The van der Waals surface area contributed by atoms with Gasteiger partial charge >= 0.3 is 0 Å². The highest BCUT2D eigenvalue weighted by molar-refractivity contribution is 6.25. The molecule has 0 atom stereocenters. The second-order valence-corrected chi connectivity index (χ2v) is 3.05. The highest BCUT2D eigenvalue weighted by atomic mass is 35.5. The number of rotatable bonds is 2. The highest BCUT2D eigenvalue weighted by Crippen LogP contribution is 1.96. The van der Waals surface area contributed by atoms with Crippen LogP contribution in [-0.4, -0.2) is 37.0 Å². The van der Waals surface area contributed by atoms with Crippen LogP contribution in [0, 0.1) is 0 Å². The molecule has 1 heterocycles. The average Bonchev–Trinajstić information content (AvgIpc) is 2.26. The summed E-state index contributed by atoms with van der Waals surface area (Å²) in [6.45, 7) is 3.00. The van der Waals surface area contributed by atoms with Crippen molar-refractivity contribution in [2.75, 3.05) is 26.2 Å². The Bertz CT molecular complexity index is 182. The van der Waals surface area contributed by atoms with Crippen molar-refractivity contribution in [2.45, 2.75) is 6.42 Å². The van der Waals surface area contributed by atoms with Gasteiger partial charge in [0.05, 0.1) is 6.54 Å². The predicted molar refractivity (Wildman–Crippen MR) is 49.1 cm³/mol. The Morgan fingerprint density at radius 1 is 1.67 bits per heavy atom. The number of hydrogen-bond donors (Lipinski definition) is 1. The molecule has 0 radical (unpaired) electrons. The van der Waals surface area contributed by atoms with Crippen molar-refractivity contribution in [3.8, 4) is 0 Å². The molecule has 0 saturated carbocycles. The van der Waals surface area contributed by atoms with E-state index in [9.17, 15) is 4.79 Å². The summed E-state index contributed by atoms with van der Waals surface area (Å²) in [7, 11) is 0. The summed E-state index contributed by atoms with van der Waals surface area (Å²) in [5, 5.41) is 2.81. The minimum Gasteiger partial charge on any atom is -0.355 e. The van der Waals surface area contributed by atoms with Crippen LogP contribution in [0.15, 0.2) is 11.6 Å². The van der Waals surface area contributed by atoms with E-state index in [2.05, 4.69) is 10.2 Å². The van der Waals surface area contributed by atoms with Crippen molar-refractivity contribution in [1.29, 1.82) is 0 Å². The first-order valence-electron chi connectivity index (χ1n) is 4.07. The van der Waals surface area contributed by atoms with Gasteiger partial charge in [0.2, 0.25) is 5.91 Å². The van der Waals surface area contributed by atoms with Crippen LogP contribution in [0.2, 0.25) is 0 Å². The number of hydrogen-bond acceptors (Lipinski definition) is 2. The van der Waals surface area contributed by atoms with Crippen LogP contribution in [-0.2, 0) is 4.79 Å². The number of carbonyl (C=O) groups is 1. The fraction of sp³-hybridized carbons (Fsp3) is 0.625. The van der Waals surface area contributed by atoms with Gasteiger partial charge in [0.1, 0.15) is 0 Å². The Hall–Kier alpha value is -0.540. The first-order chi connectivity index (χ1) is 5.83. The Labute approximate surface area is 77.4 Å². The van der Waals surface area contributed by atoms with Crippen LogP contribution in [0.5, 0.6) is 0 Å². The lowest BCUT2D eigenvalue weighted by atomic mass is 10.4. The van der Waals surface area contributed by atoms with E-state index in [0.717, 1.165) is 26.1 Å². The lowest BCUT2D eigenvalue weighted by Gasteiger charge is -2.15. The zero-order valence-electron chi connectivity index (χ0n) is 6.92. The number of carbonyl (C=O) groups excluding carboxylic acids is 1. The molecule has 1 aliphatic heterocycles. The number of halogens is 1. The van der Waals surface area contributed by atoms with Gasteiger partial charge in [0.15, 0.2) is 0 Å². The molecule has 0 aromatic rings. The molecule has 0 spiro atoms. The third kappa shape index (κ3) is 3.24. The van der Waals surface area contributed by atoms with Crippen molar-refractivity contribution >= 4 is 17.5 Å². The van der Waals surface area contributed by atoms with E-state index < -0.39 is 0 Å². The maximum atomic E-state index is 11.0. The minimum atomic E-state index is 0.107. The maximum absolute atomic E-state index is 11.0. The van der Waals surface area contributed by atoms with Crippen LogP contribution in [0.25, 0.3) is 0 Å². The molecule has 0 aromatic carbocycles. The van der Waals surface area contributed by atoms with Gasteiger partial charge in [-0.15, -0.1) is 0 Å². The van der Waals surface area contributed by atoms with E-state index in [-0.39, 0.29) is 5.91 Å². The van der Waals surface area contributed by atoms with E-state index >= 15 is 0 Å². The van der Waals surface area contributed by atoms with Crippen molar-refractivity contribution in [1.82, 2.24) is 10.2 Å². The summed E-state index contributed by atoms with van der Waals surface area (Å²) in [4.78, 5) is 13.1. The number of nitrogens with one attached hydrogen (secondary N) is 1. The standard InChI is InChI=1S/C8H13ClN2O/c9-3-1-5-11-6-2-4-10-8(12)7-11/h1,3H,2,4-7H2,(H,10,12)/b3-1+. The zero-order chi connectivity index (χ0) is 8.81. The van der Waals surface area contributed by atoms with Crippen LogP contribution in [0.3, 0.4) is 0 Å². The molecule has 1 aliphatic rings. The van der Waals surface area contributed by atoms with Crippen molar-refractivity contribution < 1.29 is 4.79 Å². The molecule has 4 heteroatoms. The quantitative estimate of drug-likeness (QED) is 0.687. The Morgan fingerprint density at radius 3 is 3.25 bits per heavy atom. The monoisotopic (exact) mass is 188 g/mol. The largest absolute Gasteiger partial charge is 0.355 e. The molecular formula is C8H13ClN2O. The van der Waals surface area contributed by atoms with Crippen LogP contribution < -0.4 is 5.32 Å². The van der Waals surface area contributed by atoms with Crippen LogP contribution >= 0.6 is 11.6 Å². The van der Waals surface area contributed by atoms with Gasteiger partial charge in [0, 0.05) is 25.2 Å². The SMILES string of the molecule is O=C1CN(C/C=C/Cl)CCCN1. The summed E-state index contributed by atoms with van der Waals surface area (Å²) in [5.74, 6) is 0.107. The number of nitrogens with zero attached hydrogens (tertiary/aromatic N) is 1. The predicted octanol–water partition coefficient (Wildman–Crippen LogP) is 0.561. The molecule has 0 aliphatic carbocycles. The third-order valence-corrected chi connectivity index (χ3v) is 1.97. The average molecular weight is 189 g/mol. The fourth-order valence-electron chi connectivity index (χ4n) is 1.21.